The highest BCUT2D eigenvalue weighted by Crippen LogP contribution is 2.39. The monoisotopic (exact) mass is 297 g/mol. The highest BCUT2D eigenvalue weighted by molar-refractivity contribution is 6.68. The maximum Gasteiger partial charge on any atom is 0.220 e. The molecule has 0 bridgehead atoms. The number of hydrogen-bond donors (Lipinski definition) is 1. The molecule has 1 amide bonds. The van der Waals surface area contributed by atoms with Crippen LogP contribution in [0.25, 0.3) is 0 Å². The predicted molar refractivity (Wildman–Crippen MR) is 67.9 cm³/mol. The molecule has 0 saturated heterocycles. The van der Waals surface area contributed by atoms with Gasteiger partial charge in [0.15, 0.2) is 0 Å². The number of benzene rings is 1. The highest BCUT2D eigenvalue weighted by Gasteiger charge is 2.34. The van der Waals surface area contributed by atoms with Crippen molar-refractivity contribution in [2.24, 2.45) is 0 Å². The van der Waals surface area contributed by atoms with E-state index in [1.807, 2.05) is 0 Å². The Bertz CT molecular complexity index is 389. The van der Waals surface area contributed by atoms with E-state index in [1.54, 1.807) is 6.92 Å². The van der Waals surface area contributed by atoms with Crippen LogP contribution in [-0.2, 0) is 4.79 Å². The molecule has 0 heterocycles. The molecular weight excluding hydrogens is 287 g/mol. The van der Waals surface area contributed by atoms with Crippen LogP contribution in [0, 0.1) is 5.82 Å². The van der Waals surface area contributed by atoms with Crippen LogP contribution in [0.4, 0.5) is 4.39 Å². The van der Waals surface area contributed by atoms with Crippen molar-refractivity contribution in [1.29, 1.82) is 0 Å². The van der Waals surface area contributed by atoms with Crippen molar-refractivity contribution in [2.45, 2.75) is 23.2 Å². The lowest BCUT2D eigenvalue weighted by molar-refractivity contribution is -0.121. The van der Waals surface area contributed by atoms with Crippen LogP contribution in [0.2, 0.25) is 0 Å². The van der Waals surface area contributed by atoms with Gasteiger partial charge in [0.2, 0.25) is 9.70 Å². The standard InChI is InChI=1S/C11H11Cl3FNO/c1-2-9(17)16-10(11(12,13)14)7-3-5-8(15)6-4-7/h3-6,10H,2H2,1H3,(H,16,17)/t10-/m1/s1. The van der Waals surface area contributed by atoms with Crippen molar-refractivity contribution in [3.05, 3.63) is 35.6 Å². The molecule has 0 aliphatic rings. The zero-order chi connectivity index (χ0) is 13.1. The summed E-state index contributed by atoms with van der Waals surface area (Å²) in [5.41, 5.74) is 0.535. The minimum Gasteiger partial charge on any atom is -0.345 e. The first-order valence-corrected chi connectivity index (χ1v) is 6.09. The van der Waals surface area contributed by atoms with E-state index < -0.39 is 15.7 Å². The van der Waals surface area contributed by atoms with Crippen LogP contribution in [0.1, 0.15) is 24.9 Å². The Morgan fingerprint density at radius 3 is 2.29 bits per heavy atom. The van der Waals surface area contributed by atoms with Crippen LogP contribution in [0.15, 0.2) is 24.3 Å². The van der Waals surface area contributed by atoms with E-state index in [2.05, 4.69) is 5.32 Å². The quantitative estimate of drug-likeness (QED) is 0.846. The maximum atomic E-state index is 12.8. The van der Waals surface area contributed by atoms with Gasteiger partial charge in [-0.3, -0.25) is 4.79 Å². The maximum absolute atomic E-state index is 12.8. The largest absolute Gasteiger partial charge is 0.345 e. The lowest BCUT2D eigenvalue weighted by Crippen LogP contribution is -2.36. The highest BCUT2D eigenvalue weighted by atomic mass is 35.6. The topological polar surface area (TPSA) is 29.1 Å². The SMILES string of the molecule is CCC(=O)N[C@H](c1ccc(F)cc1)C(Cl)(Cl)Cl. The van der Waals surface area contributed by atoms with Gasteiger partial charge in [-0.05, 0) is 17.7 Å². The van der Waals surface area contributed by atoms with Crippen LogP contribution in [-0.4, -0.2) is 9.70 Å². The molecule has 1 N–H and O–H groups in total. The normalized spacial score (nSPS) is 13.2. The van der Waals surface area contributed by atoms with E-state index in [0.717, 1.165) is 0 Å². The summed E-state index contributed by atoms with van der Waals surface area (Å²) in [7, 11) is 0. The Hall–Kier alpha value is -0.510. The summed E-state index contributed by atoms with van der Waals surface area (Å²) >= 11 is 17.4. The minimum absolute atomic E-state index is 0.245. The second kappa shape index (κ2) is 5.89. The van der Waals surface area contributed by atoms with Crippen molar-refractivity contribution in [3.8, 4) is 0 Å². The van der Waals surface area contributed by atoms with Gasteiger partial charge in [-0.1, -0.05) is 53.9 Å². The molecule has 17 heavy (non-hydrogen) atoms. The summed E-state index contributed by atoms with van der Waals surface area (Å²) in [5, 5.41) is 2.59. The molecule has 0 aromatic heterocycles. The predicted octanol–water partition coefficient (Wildman–Crippen LogP) is 3.76. The van der Waals surface area contributed by atoms with Gasteiger partial charge < -0.3 is 5.32 Å². The first kappa shape index (κ1) is 14.6. The minimum atomic E-state index is -1.69. The molecule has 94 valence electrons. The van der Waals surface area contributed by atoms with Crippen molar-refractivity contribution in [2.75, 3.05) is 0 Å². The molecular formula is C11H11Cl3FNO. The van der Waals surface area contributed by atoms with Crippen LogP contribution in [0.5, 0.6) is 0 Å². The van der Waals surface area contributed by atoms with Gasteiger partial charge in [-0.15, -0.1) is 0 Å². The third kappa shape index (κ3) is 4.34. The van der Waals surface area contributed by atoms with Crippen molar-refractivity contribution < 1.29 is 9.18 Å². The molecule has 0 radical (unpaired) electrons. The number of nitrogens with one attached hydrogen (secondary N) is 1. The van der Waals surface area contributed by atoms with Crippen LogP contribution < -0.4 is 5.32 Å². The summed E-state index contributed by atoms with van der Waals surface area (Å²) in [4.78, 5) is 11.3. The molecule has 1 atom stereocenters. The molecule has 2 nitrogen and oxygen atoms in total. The lowest BCUT2D eigenvalue weighted by atomic mass is 10.1. The first-order valence-electron chi connectivity index (χ1n) is 4.96. The Balaban J connectivity index is 2.98. The number of rotatable bonds is 3. The summed E-state index contributed by atoms with van der Waals surface area (Å²) in [5.74, 6) is -0.635. The van der Waals surface area contributed by atoms with E-state index in [0.29, 0.717) is 5.56 Å². The number of halogens is 4. The molecule has 0 saturated carbocycles. The summed E-state index contributed by atoms with van der Waals surface area (Å²) < 4.78 is 11.1. The van der Waals surface area contributed by atoms with Crippen molar-refractivity contribution in [3.63, 3.8) is 0 Å². The lowest BCUT2D eigenvalue weighted by Gasteiger charge is -2.25. The van der Waals surface area contributed by atoms with Crippen molar-refractivity contribution in [1.82, 2.24) is 5.32 Å². The van der Waals surface area contributed by atoms with Gasteiger partial charge in [-0.25, -0.2) is 4.39 Å². The molecule has 0 unspecified atom stereocenters. The molecule has 0 fully saturated rings. The molecule has 1 aromatic carbocycles. The van der Waals surface area contributed by atoms with E-state index >= 15 is 0 Å². The summed E-state index contributed by atoms with van der Waals surface area (Å²) in [6.45, 7) is 1.69. The van der Waals surface area contributed by atoms with E-state index in [9.17, 15) is 9.18 Å². The molecule has 0 aliphatic carbocycles. The third-order valence-electron chi connectivity index (χ3n) is 2.16. The van der Waals surface area contributed by atoms with E-state index in [1.165, 1.54) is 24.3 Å². The molecule has 0 spiro atoms. The Morgan fingerprint density at radius 2 is 1.88 bits per heavy atom. The number of amides is 1. The Labute approximate surface area is 114 Å². The Morgan fingerprint density at radius 1 is 1.35 bits per heavy atom. The van der Waals surface area contributed by atoms with E-state index in [4.69, 9.17) is 34.8 Å². The summed E-state index contributed by atoms with van der Waals surface area (Å²) in [6, 6.07) is 4.63. The molecule has 1 aromatic rings. The van der Waals surface area contributed by atoms with Gasteiger partial charge in [0.1, 0.15) is 11.9 Å². The molecule has 6 heteroatoms. The summed E-state index contributed by atoms with van der Waals surface area (Å²) in [6.07, 6.45) is 0.276. The third-order valence-corrected chi connectivity index (χ3v) is 2.81. The van der Waals surface area contributed by atoms with Crippen LogP contribution in [0.3, 0.4) is 0 Å². The van der Waals surface area contributed by atoms with Gasteiger partial charge in [0.05, 0.1) is 0 Å². The fourth-order valence-corrected chi connectivity index (χ4v) is 1.81. The van der Waals surface area contributed by atoms with Crippen LogP contribution >= 0.6 is 34.8 Å². The zero-order valence-corrected chi connectivity index (χ0v) is 11.3. The smallest absolute Gasteiger partial charge is 0.220 e. The first-order chi connectivity index (χ1) is 7.84. The van der Waals surface area contributed by atoms with E-state index in [-0.39, 0.29) is 12.3 Å². The second-order valence-corrected chi connectivity index (χ2v) is 5.82. The fourth-order valence-electron chi connectivity index (χ4n) is 1.27. The number of alkyl halides is 3. The van der Waals surface area contributed by atoms with Crippen molar-refractivity contribution >= 4 is 40.7 Å². The van der Waals surface area contributed by atoms with Gasteiger partial charge in [0, 0.05) is 6.42 Å². The second-order valence-electron chi connectivity index (χ2n) is 3.45. The average Bonchev–Trinajstić information content (AvgIpc) is 2.25. The van der Waals surface area contributed by atoms with Gasteiger partial charge in [-0.2, -0.15) is 0 Å². The number of carbonyl (C=O) groups is 1. The average molecular weight is 299 g/mol. The molecule has 1 rings (SSSR count). The van der Waals surface area contributed by atoms with Gasteiger partial charge >= 0.3 is 0 Å². The fraction of sp³-hybridized carbons (Fsp3) is 0.364. The number of carbonyl (C=O) groups excluding carboxylic acids is 1. The zero-order valence-electron chi connectivity index (χ0n) is 9.01. The number of hydrogen-bond acceptors (Lipinski definition) is 1. The Kier molecular flexibility index (Phi) is 5.04. The molecule has 0 aliphatic heterocycles. The van der Waals surface area contributed by atoms with Gasteiger partial charge in [0.25, 0.3) is 0 Å².